The highest BCUT2D eigenvalue weighted by atomic mass is 15.2. The fourth-order valence-corrected chi connectivity index (χ4v) is 16.4. The van der Waals surface area contributed by atoms with Crippen LogP contribution in [0.4, 0.5) is 51.2 Å². The van der Waals surface area contributed by atoms with Gasteiger partial charge >= 0.3 is 0 Å². The second kappa shape index (κ2) is 26.2. The molecule has 0 unspecified atom stereocenters. The summed E-state index contributed by atoms with van der Waals surface area (Å²) in [4.78, 5) is 6.10. The van der Waals surface area contributed by atoms with E-state index in [0.717, 1.165) is 94.5 Å². The molecule has 0 N–H and O–H groups in total. The Morgan fingerprint density at radius 1 is 0.264 bits per heavy atom. The van der Waals surface area contributed by atoms with E-state index in [4.69, 9.17) is 6.85 Å². The average molecular weight is 1430 g/mol. The predicted molar refractivity (Wildman–Crippen MR) is 468 cm³/mol. The Kier molecular flexibility index (Phi) is 12.0. The van der Waals surface area contributed by atoms with Gasteiger partial charge in [-0.1, -0.05) is 290 Å². The van der Waals surface area contributed by atoms with Crippen LogP contribution in [0.5, 0.6) is 0 Å². The van der Waals surface area contributed by atoms with Crippen LogP contribution in [0.2, 0.25) is 0 Å². The SMILES string of the molecule is [2H]c1c([2H])c([2H])c(N(c2ccccc2)c2ccc3c(c2)c2c([2H])c([2H])c([2H])c([2H])c2n3-c2cc3c4c(c2)N(c2cc(-c5ccccc5)cc(-c5ccccc5)c2)c2cc(-n5c6c([2H])c([2H])c([2H])c([2H])c6c6c([2H])c([2H])c([2H])c([2H])c65)ccc2B4c2ccc(-c4cc(C(C)(C)C)cc(C(C)(C)C)c4)cc2N3c2cc(-c3ccccc3)cc(-c3ccccc3)c2)c([2H])c1[2H]. The molecule has 2 aliphatic heterocycles. The van der Waals surface area contributed by atoms with Crippen molar-refractivity contribution >= 4 is 118 Å². The van der Waals surface area contributed by atoms with E-state index in [9.17, 15) is 16.4 Å². The molecule has 524 valence electrons. The molecule has 2 aliphatic rings. The van der Waals surface area contributed by atoms with E-state index in [0.29, 0.717) is 50.7 Å². The van der Waals surface area contributed by atoms with Crippen LogP contribution in [0.1, 0.15) is 76.0 Å². The van der Waals surface area contributed by atoms with Crippen molar-refractivity contribution in [1.82, 2.24) is 9.13 Å². The van der Waals surface area contributed by atoms with Gasteiger partial charge in [0.25, 0.3) is 6.71 Å². The van der Waals surface area contributed by atoms with E-state index in [1.165, 1.54) is 0 Å². The highest BCUT2D eigenvalue weighted by Gasteiger charge is 2.45. The molecule has 0 radical (unpaired) electrons. The third-order valence-electron chi connectivity index (χ3n) is 21.7. The van der Waals surface area contributed by atoms with Crippen molar-refractivity contribution in [3.05, 3.63) is 387 Å². The number of hydrogen-bond donors (Lipinski definition) is 0. The molecule has 0 spiro atoms. The Morgan fingerprint density at radius 3 is 1.14 bits per heavy atom. The number of fused-ring (bicyclic) bond motifs is 10. The molecule has 0 amide bonds. The molecular formula is C104H80BN5. The second-order valence-electron chi connectivity index (χ2n) is 30.5. The van der Waals surface area contributed by atoms with Gasteiger partial charge in [0.1, 0.15) is 0 Å². The molecule has 16 aromatic carbocycles. The van der Waals surface area contributed by atoms with Crippen molar-refractivity contribution in [2.75, 3.05) is 14.7 Å². The van der Waals surface area contributed by atoms with Gasteiger partial charge in [0, 0.05) is 78.4 Å². The number of benzene rings is 16. The van der Waals surface area contributed by atoms with Crippen LogP contribution < -0.4 is 31.1 Å². The Bertz CT molecular complexity index is 7450. The molecule has 20 rings (SSSR count). The van der Waals surface area contributed by atoms with Crippen LogP contribution in [0.15, 0.2) is 376 Å². The molecule has 0 bridgehead atoms. The standard InChI is InChI=1S/C104H80BN5/c1-103(2,3)79-57-78(58-80(64-79)104(4,5)6)73-49-52-92-98(63-73)109(85-59-74(69-31-13-7-14-32-69)55-75(60-85)70-33-15-8-16-34-70)100-67-87(108-96-48-30-27-45-90(96)91-65-83(51-54-97(91)108)106(81-39-21-11-22-40-81)82-41-23-12-24-42-82)68-101-102(100)105(92)93-53-50-84(107-94-46-28-25-43-88(94)89-44-26-29-47-95(89)107)66-99(93)110(101)86-61-76(71-35-17-9-18-36-71)56-77(62-86)72-37-19-10-20-38-72/h7-68H,1-6H3/i11D,21D,22D,25D,26D,27D,28D,29D,30D,39D,40D,43D,44D,45D,46D,47D,48D. The molecule has 110 heavy (non-hydrogen) atoms. The van der Waals surface area contributed by atoms with Crippen molar-refractivity contribution in [2.45, 2.75) is 52.4 Å². The molecular weight excluding hydrogens is 1330 g/mol. The summed E-state index contributed by atoms with van der Waals surface area (Å²) in [5.41, 5.74) is 18.8. The number of aromatic nitrogens is 2. The van der Waals surface area contributed by atoms with Crippen molar-refractivity contribution < 1.29 is 23.3 Å². The number of anilines is 9. The fourth-order valence-electron chi connectivity index (χ4n) is 16.4. The molecule has 6 heteroatoms. The highest BCUT2D eigenvalue weighted by molar-refractivity contribution is 7.00. The van der Waals surface area contributed by atoms with E-state index < -0.39 is 97.3 Å². The number of para-hydroxylation sites is 5. The van der Waals surface area contributed by atoms with Gasteiger partial charge < -0.3 is 23.8 Å². The fraction of sp³-hybridized carbons (Fsp3) is 0.0769. The Morgan fingerprint density at radius 2 is 0.664 bits per heavy atom. The Balaban J connectivity index is 0.985. The summed E-state index contributed by atoms with van der Waals surface area (Å²) < 4.78 is 165. The summed E-state index contributed by atoms with van der Waals surface area (Å²) in [6.45, 7) is 12.6. The van der Waals surface area contributed by atoms with Gasteiger partial charge in [-0.05, 0) is 221 Å². The maximum absolute atomic E-state index is 10.4. The minimum Gasteiger partial charge on any atom is -0.311 e. The first kappa shape index (κ1) is 50.2. The molecule has 0 atom stereocenters. The van der Waals surface area contributed by atoms with Crippen molar-refractivity contribution in [3.63, 3.8) is 0 Å². The zero-order chi connectivity index (χ0) is 88.7. The van der Waals surface area contributed by atoms with E-state index in [1.807, 2.05) is 108 Å². The van der Waals surface area contributed by atoms with E-state index in [-0.39, 0.29) is 67.0 Å². The number of nitrogens with zero attached hydrogens (tertiary/aromatic N) is 5. The molecule has 4 heterocycles. The first-order chi connectivity index (χ1) is 60.9. The number of rotatable bonds is 12. The van der Waals surface area contributed by atoms with Gasteiger partial charge in [0.15, 0.2) is 0 Å². The van der Waals surface area contributed by atoms with Crippen LogP contribution >= 0.6 is 0 Å². The Hall–Kier alpha value is -13.4. The third-order valence-corrected chi connectivity index (χ3v) is 21.7. The topological polar surface area (TPSA) is 19.6 Å². The first-order valence-corrected chi connectivity index (χ1v) is 37.1. The number of hydrogen-bond acceptors (Lipinski definition) is 3. The average Bonchev–Trinajstić information content (AvgIpc) is 1.67. The van der Waals surface area contributed by atoms with E-state index in [2.05, 4.69) is 185 Å². The summed E-state index contributed by atoms with van der Waals surface area (Å²) in [6.07, 6.45) is 0. The molecule has 18 aromatic rings. The summed E-state index contributed by atoms with van der Waals surface area (Å²) in [7, 11) is 0. The highest BCUT2D eigenvalue weighted by Crippen LogP contribution is 2.51. The van der Waals surface area contributed by atoms with Gasteiger partial charge in [0.2, 0.25) is 0 Å². The van der Waals surface area contributed by atoms with E-state index >= 15 is 0 Å². The maximum Gasteiger partial charge on any atom is 0.252 e. The first-order valence-electron chi connectivity index (χ1n) is 45.6. The molecule has 0 fully saturated rings. The molecule has 2 aromatic heterocycles. The monoisotopic (exact) mass is 1430 g/mol. The lowest BCUT2D eigenvalue weighted by Crippen LogP contribution is -2.61. The summed E-state index contributed by atoms with van der Waals surface area (Å²) >= 11 is 0. The lowest BCUT2D eigenvalue weighted by Gasteiger charge is -2.45. The zero-order valence-corrected chi connectivity index (χ0v) is 61.3. The lowest BCUT2D eigenvalue weighted by atomic mass is 9.33. The maximum atomic E-state index is 10.4. The van der Waals surface area contributed by atoms with Gasteiger partial charge in [0.05, 0.1) is 51.1 Å². The Labute approximate surface area is 668 Å². The van der Waals surface area contributed by atoms with Crippen molar-refractivity contribution in [1.29, 1.82) is 0 Å². The summed E-state index contributed by atoms with van der Waals surface area (Å²) in [5, 5.41) is 0.279. The van der Waals surface area contributed by atoms with Crippen LogP contribution in [-0.2, 0) is 10.8 Å². The lowest BCUT2D eigenvalue weighted by molar-refractivity contribution is 0.569. The normalized spacial score (nSPS) is 14.7. The van der Waals surface area contributed by atoms with E-state index in [1.54, 1.807) is 45.9 Å². The van der Waals surface area contributed by atoms with Gasteiger partial charge in [-0.3, -0.25) is 0 Å². The zero-order valence-electron chi connectivity index (χ0n) is 78.3. The summed E-state index contributed by atoms with van der Waals surface area (Å²) in [5.74, 6) is 0. The van der Waals surface area contributed by atoms with Gasteiger partial charge in [-0.15, -0.1) is 0 Å². The van der Waals surface area contributed by atoms with Crippen molar-refractivity contribution in [3.8, 4) is 67.0 Å². The second-order valence-corrected chi connectivity index (χ2v) is 30.5. The predicted octanol–water partition coefficient (Wildman–Crippen LogP) is 26.4. The van der Waals surface area contributed by atoms with Crippen LogP contribution in [0, 0.1) is 0 Å². The third kappa shape index (κ3) is 11.3. The minimum atomic E-state index is -0.723. The van der Waals surface area contributed by atoms with Crippen LogP contribution in [0.3, 0.4) is 0 Å². The molecule has 0 aliphatic carbocycles. The molecule has 5 nitrogen and oxygen atoms in total. The molecule has 0 saturated carbocycles. The van der Waals surface area contributed by atoms with Gasteiger partial charge in [-0.25, -0.2) is 0 Å². The largest absolute Gasteiger partial charge is 0.311 e. The van der Waals surface area contributed by atoms with Gasteiger partial charge in [-0.2, -0.15) is 0 Å². The smallest absolute Gasteiger partial charge is 0.252 e. The van der Waals surface area contributed by atoms with Crippen LogP contribution in [-0.4, -0.2) is 15.8 Å². The van der Waals surface area contributed by atoms with Crippen molar-refractivity contribution in [2.24, 2.45) is 0 Å². The summed E-state index contributed by atoms with van der Waals surface area (Å²) in [6, 6.07) is 82.9. The quantitative estimate of drug-likeness (QED) is 0.114. The molecule has 0 saturated heterocycles. The minimum absolute atomic E-state index is 0.0686. The van der Waals surface area contributed by atoms with Crippen LogP contribution in [0.25, 0.3) is 111 Å².